The Balaban J connectivity index is 1.82. The van der Waals surface area contributed by atoms with E-state index in [1.165, 1.54) is 35.2 Å². The van der Waals surface area contributed by atoms with Gasteiger partial charge in [-0.05, 0) is 42.3 Å². The van der Waals surface area contributed by atoms with Crippen molar-refractivity contribution in [1.82, 2.24) is 0 Å². The zero-order valence-corrected chi connectivity index (χ0v) is 14.3. The number of hydrogen-bond acceptors (Lipinski definition) is 3. The van der Waals surface area contributed by atoms with E-state index < -0.39 is 21.7 Å². The number of benzene rings is 2. The highest BCUT2D eigenvalue weighted by molar-refractivity contribution is 7.94. The molecule has 0 aromatic heterocycles. The summed E-state index contributed by atoms with van der Waals surface area (Å²) in [5.41, 5.74) is 1.52. The molecule has 4 nitrogen and oxygen atoms in total. The lowest BCUT2D eigenvalue weighted by Gasteiger charge is -2.28. The number of carbonyl (C=O) groups excluding carboxylic acids is 1. The fourth-order valence-electron chi connectivity index (χ4n) is 2.86. The van der Waals surface area contributed by atoms with E-state index in [-0.39, 0.29) is 18.1 Å². The van der Waals surface area contributed by atoms with Gasteiger partial charge in [-0.15, -0.1) is 0 Å². The van der Waals surface area contributed by atoms with E-state index in [9.17, 15) is 17.6 Å². The molecule has 1 amide bonds. The second-order valence-corrected chi connectivity index (χ2v) is 7.88. The van der Waals surface area contributed by atoms with E-state index >= 15 is 0 Å². The minimum Gasteiger partial charge on any atom is -0.304 e. The molecule has 1 aliphatic rings. The predicted molar refractivity (Wildman–Crippen MR) is 95.4 cm³/mol. The first-order valence-electron chi connectivity index (χ1n) is 7.97. The summed E-state index contributed by atoms with van der Waals surface area (Å²) in [6, 6.07) is 14.5. The second kappa shape index (κ2) is 7.19. The number of rotatable bonds is 5. The molecule has 0 bridgehead atoms. The minimum absolute atomic E-state index is 0.151. The summed E-state index contributed by atoms with van der Waals surface area (Å²) in [5.74, 6) is -0.751. The Morgan fingerprint density at radius 3 is 2.36 bits per heavy atom. The van der Waals surface area contributed by atoms with E-state index in [1.54, 1.807) is 0 Å². The van der Waals surface area contributed by atoms with Crippen molar-refractivity contribution in [3.63, 3.8) is 0 Å². The first-order chi connectivity index (χ1) is 11.9. The van der Waals surface area contributed by atoms with E-state index in [2.05, 4.69) is 0 Å². The van der Waals surface area contributed by atoms with Gasteiger partial charge in [0.05, 0.1) is 11.8 Å². The molecule has 0 saturated carbocycles. The van der Waals surface area contributed by atoms with Crippen molar-refractivity contribution in [2.24, 2.45) is 0 Å². The molecule has 130 valence electrons. The van der Waals surface area contributed by atoms with Crippen LogP contribution in [0.3, 0.4) is 0 Å². The van der Waals surface area contributed by atoms with Gasteiger partial charge in [-0.3, -0.25) is 4.79 Å². The smallest absolute Gasteiger partial charge is 0.227 e. The van der Waals surface area contributed by atoms with Crippen LogP contribution in [0.15, 0.2) is 66.1 Å². The van der Waals surface area contributed by atoms with Gasteiger partial charge in [0, 0.05) is 17.5 Å². The number of hydrogen-bond donors (Lipinski definition) is 0. The van der Waals surface area contributed by atoms with Gasteiger partial charge in [-0.1, -0.05) is 30.3 Å². The molecule has 2 aromatic carbocycles. The van der Waals surface area contributed by atoms with Crippen LogP contribution in [0.5, 0.6) is 0 Å². The molecule has 6 heteroatoms. The molecule has 0 spiro atoms. The molecule has 0 fully saturated rings. The van der Waals surface area contributed by atoms with Gasteiger partial charge in [-0.25, -0.2) is 12.8 Å². The van der Waals surface area contributed by atoms with Gasteiger partial charge in [0.15, 0.2) is 9.84 Å². The third-order valence-electron chi connectivity index (χ3n) is 4.09. The van der Waals surface area contributed by atoms with Crippen LogP contribution in [-0.2, 0) is 21.1 Å². The molecular weight excluding hydrogens is 341 g/mol. The lowest BCUT2D eigenvalue weighted by atomic mass is 10.1. The molecule has 0 N–H and O–H groups in total. The number of sulfone groups is 1. The average Bonchev–Trinajstić information content (AvgIpc) is 2.95. The van der Waals surface area contributed by atoms with E-state index in [4.69, 9.17) is 0 Å². The van der Waals surface area contributed by atoms with Gasteiger partial charge >= 0.3 is 0 Å². The largest absolute Gasteiger partial charge is 0.304 e. The van der Waals surface area contributed by atoms with Crippen LogP contribution in [0.4, 0.5) is 10.1 Å². The molecule has 25 heavy (non-hydrogen) atoms. The molecule has 0 radical (unpaired) electrons. The van der Waals surface area contributed by atoms with Crippen molar-refractivity contribution in [2.75, 3.05) is 10.7 Å². The summed E-state index contributed by atoms with van der Waals surface area (Å²) in [7, 11) is -3.31. The fourth-order valence-corrected chi connectivity index (χ4v) is 4.13. The topological polar surface area (TPSA) is 54.5 Å². The number of halogens is 1. The first kappa shape index (κ1) is 17.4. The first-order valence-corrected chi connectivity index (χ1v) is 9.69. The molecule has 1 aliphatic heterocycles. The third-order valence-corrected chi connectivity index (χ3v) is 5.46. The Bertz CT molecular complexity index is 877. The number of amides is 1. The Labute approximate surface area is 146 Å². The van der Waals surface area contributed by atoms with E-state index in [0.29, 0.717) is 12.1 Å². The van der Waals surface area contributed by atoms with E-state index in [1.807, 2.05) is 30.3 Å². The van der Waals surface area contributed by atoms with Crippen molar-refractivity contribution in [3.05, 3.63) is 77.5 Å². The normalized spacial score (nSPS) is 18.2. The van der Waals surface area contributed by atoms with Gasteiger partial charge in [-0.2, -0.15) is 0 Å². The standard InChI is InChI=1S/C19H18FNO3S/c20-16-7-9-17(10-8-16)21(18-12-13-25(23,24)14-18)19(22)11-6-15-4-2-1-3-5-15/h1-5,7-10,12-13,18H,6,11,14H2/t18-/m0/s1. The predicted octanol–water partition coefficient (Wildman–Crippen LogP) is 3.10. The van der Waals surface area contributed by atoms with Crippen LogP contribution in [0.25, 0.3) is 0 Å². The molecule has 1 heterocycles. The highest BCUT2D eigenvalue weighted by atomic mass is 32.2. The van der Waals surface area contributed by atoms with Crippen molar-refractivity contribution in [1.29, 1.82) is 0 Å². The summed E-state index contributed by atoms with van der Waals surface area (Å²) in [4.78, 5) is 14.3. The molecule has 2 aromatic rings. The average molecular weight is 359 g/mol. The van der Waals surface area contributed by atoms with Gasteiger partial charge in [0.25, 0.3) is 0 Å². The maximum atomic E-state index is 13.2. The molecular formula is C19H18FNO3S. The van der Waals surface area contributed by atoms with Crippen LogP contribution in [0, 0.1) is 5.82 Å². The maximum absolute atomic E-state index is 13.2. The number of anilines is 1. The van der Waals surface area contributed by atoms with Crippen molar-refractivity contribution >= 4 is 21.4 Å². The van der Waals surface area contributed by atoms with Crippen LogP contribution >= 0.6 is 0 Å². The highest BCUT2D eigenvalue weighted by Gasteiger charge is 2.31. The summed E-state index contributed by atoms with van der Waals surface area (Å²) in [5, 5.41) is 1.14. The summed E-state index contributed by atoms with van der Waals surface area (Å²) < 4.78 is 36.7. The van der Waals surface area contributed by atoms with Crippen LogP contribution in [0.2, 0.25) is 0 Å². The number of nitrogens with zero attached hydrogens (tertiary/aromatic N) is 1. The minimum atomic E-state index is -3.31. The Morgan fingerprint density at radius 1 is 1.08 bits per heavy atom. The summed E-state index contributed by atoms with van der Waals surface area (Å²) >= 11 is 0. The molecule has 0 saturated heterocycles. The number of carbonyl (C=O) groups is 1. The van der Waals surface area contributed by atoms with Gasteiger partial charge in [0.1, 0.15) is 5.82 Å². The lowest BCUT2D eigenvalue weighted by Crippen LogP contribution is -2.41. The quantitative estimate of drug-likeness (QED) is 0.824. The van der Waals surface area contributed by atoms with Crippen molar-refractivity contribution < 1.29 is 17.6 Å². The number of aryl methyl sites for hydroxylation is 1. The fraction of sp³-hybridized carbons (Fsp3) is 0.211. The second-order valence-electron chi connectivity index (χ2n) is 5.95. The van der Waals surface area contributed by atoms with Crippen LogP contribution in [-0.4, -0.2) is 26.1 Å². The zero-order chi connectivity index (χ0) is 17.9. The molecule has 1 atom stereocenters. The van der Waals surface area contributed by atoms with Crippen molar-refractivity contribution in [3.8, 4) is 0 Å². The zero-order valence-electron chi connectivity index (χ0n) is 13.5. The molecule has 0 unspecified atom stereocenters. The highest BCUT2D eigenvalue weighted by Crippen LogP contribution is 2.24. The maximum Gasteiger partial charge on any atom is 0.227 e. The summed E-state index contributed by atoms with van der Waals surface area (Å²) in [6.45, 7) is 0. The monoisotopic (exact) mass is 359 g/mol. The molecule has 0 aliphatic carbocycles. The van der Waals surface area contributed by atoms with Crippen LogP contribution in [0.1, 0.15) is 12.0 Å². The SMILES string of the molecule is O=C(CCc1ccccc1)N(c1ccc(F)cc1)[C@H]1C=CS(=O)(=O)C1. The lowest BCUT2D eigenvalue weighted by molar-refractivity contribution is -0.118. The Morgan fingerprint density at radius 2 is 1.76 bits per heavy atom. The van der Waals surface area contributed by atoms with Gasteiger partial charge in [0.2, 0.25) is 5.91 Å². The Kier molecular flexibility index (Phi) is 4.99. The third kappa shape index (κ3) is 4.33. The van der Waals surface area contributed by atoms with E-state index in [0.717, 1.165) is 11.0 Å². The molecule has 3 rings (SSSR count). The van der Waals surface area contributed by atoms with Gasteiger partial charge < -0.3 is 4.90 Å². The summed E-state index contributed by atoms with van der Waals surface area (Å²) in [6.07, 6.45) is 2.31. The van der Waals surface area contributed by atoms with Crippen molar-refractivity contribution in [2.45, 2.75) is 18.9 Å². The Hall–Kier alpha value is -2.47. The van der Waals surface area contributed by atoms with Crippen LogP contribution < -0.4 is 4.90 Å².